The molecule has 2 aliphatic heterocycles. The Hall–Kier alpha value is -0.0800. The smallest absolute Gasteiger partial charge is 0.0226 e. The van der Waals surface area contributed by atoms with Gasteiger partial charge in [-0.15, -0.1) is 0 Å². The minimum Gasteiger partial charge on any atom is -0.312 e. The van der Waals surface area contributed by atoms with Gasteiger partial charge in [0, 0.05) is 18.6 Å². The number of fused-ring (bicyclic) bond motifs is 1. The van der Waals surface area contributed by atoms with Crippen LogP contribution in [0, 0.1) is 17.8 Å². The van der Waals surface area contributed by atoms with Gasteiger partial charge in [-0.05, 0) is 63.5 Å². The molecule has 0 amide bonds. The summed E-state index contributed by atoms with van der Waals surface area (Å²) in [5, 5.41) is 3.80. The maximum atomic E-state index is 3.80. The number of likely N-dealkylation sites (tertiary alicyclic amines) is 1. The van der Waals surface area contributed by atoms with Crippen LogP contribution < -0.4 is 5.32 Å². The van der Waals surface area contributed by atoms with Gasteiger partial charge >= 0.3 is 0 Å². The van der Waals surface area contributed by atoms with Crippen LogP contribution in [0.15, 0.2) is 0 Å². The Kier molecular flexibility index (Phi) is 3.45. The van der Waals surface area contributed by atoms with E-state index in [-0.39, 0.29) is 0 Å². The van der Waals surface area contributed by atoms with E-state index in [1.54, 1.807) is 0 Å². The second-order valence-electron chi connectivity index (χ2n) is 6.72. The van der Waals surface area contributed by atoms with Gasteiger partial charge in [0.25, 0.3) is 0 Å². The van der Waals surface area contributed by atoms with Gasteiger partial charge in [-0.1, -0.05) is 13.3 Å². The maximum absolute atomic E-state index is 3.80. The zero-order valence-electron chi connectivity index (χ0n) is 11.5. The van der Waals surface area contributed by atoms with Gasteiger partial charge < -0.3 is 5.32 Å². The first-order valence-electron chi connectivity index (χ1n) is 7.73. The van der Waals surface area contributed by atoms with Crippen LogP contribution in [-0.2, 0) is 0 Å². The van der Waals surface area contributed by atoms with Crippen LogP contribution in [0.2, 0.25) is 0 Å². The normalized spacial score (nSPS) is 47.3. The van der Waals surface area contributed by atoms with Crippen LogP contribution in [0.25, 0.3) is 0 Å². The second kappa shape index (κ2) is 4.89. The largest absolute Gasteiger partial charge is 0.312 e. The summed E-state index contributed by atoms with van der Waals surface area (Å²) in [7, 11) is 0. The predicted molar refractivity (Wildman–Crippen MR) is 72.1 cm³/mol. The molecule has 3 fully saturated rings. The fourth-order valence-corrected chi connectivity index (χ4v) is 4.43. The Morgan fingerprint density at radius 3 is 2.88 bits per heavy atom. The van der Waals surface area contributed by atoms with Gasteiger partial charge in [-0.3, -0.25) is 4.90 Å². The number of hydrogen-bond donors (Lipinski definition) is 1. The molecule has 2 heteroatoms. The lowest BCUT2D eigenvalue weighted by Crippen LogP contribution is -2.49. The minimum atomic E-state index is 0.797. The van der Waals surface area contributed by atoms with Crippen molar-refractivity contribution in [2.75, 3.05) is 19.6 Å². The average molecular weight is 236 g/mol. The van der Waals surface area contributed by atoms with E-state index in [2.05, 4.69) is 24.1 Å². The van der Waals surface area contributed by atoms with E-state index in [9.17, 15) is 0 Å². The molecule has 0 spiro atoms. The quantitative estimate of drug-likeness (QED) is 0.792. The summed E-state index contributed by atoms with van der Waals surface area (Å²) in [4.78, 5) is 2.76. The van der Waals surface area contributed by atoms with Crippen LogP contribution in [-0.4, -0.2) is 36.6 Å². The number of hydrogen-bond acceptors (Lipinski definition) is 2. The van der Waals surface area contributed by atoms with Crippen molar-refractivity contribution in [2.24, 2.45) is 17.8 Å². The zero-order chi connectivity index (χ0) is 11.8. The van der Waals surface area contributed by atoms with E-state index in [1.807, 2.05) is 0 Å². The highest BCUT2D eigenvalue weighted by atomic mass is 15.2. The van der Waals surface area contributed by atoms with Crippen LogP contribution in [0.4, 0.5) is 0 Å². The Balaban J connectivity index is 1.59. The van der Waals surface area contributed by atoms with Gasteiger partial charge in [0.1, 0.15) is 0 Å². The summed E-state index contributed by atoms with van der Waals surface area (Å²) < 4.78 is 0. The number of rotatable bonds is 2. The monoisotopic (exact) mass is 236 g/mol. The molecule has 5 unspecified atom stereocenters. The van der Waals surface area contributed by atoms with Crippen molar-refractivity contribution in [1.82, 2.24) is 10.2 Å². The van der Waals surface area contributed by atoms with Gasteiger partial charge in [0.05, 0.1) is 0 Å². The Labute approximate surface area is 106 Å². The summed E-state index contributed by atoms with van der Waals surface area (Å²) in [5.74, 6) is 2.90. The molecule has 0 radical (unpaired) electrons. The van der Waals surface area contributed by atoms with Gasteiger partial charge in [-0.25, -0.2) is 0 Å². The lowest BCUT2D eigenvalue weighted by molar-refractivity contribution is 0.0972. The van der Waals surface area contributed by atoms with E-state index in [4.69, 9.17) is 0 Å². The maximum Gasteiger partial charge on any atom is 0.0226 e. The van der Waals surface area contributed by atoms with E-state index in [1.165, 1.54) is 51.7 Å². The van der Waals surface area contributed by atoms with Crippen molar-refractivity contribution >= 4 is 0 Å². The fourth-order valence-electron chi connectivity index (χ4n) is 4.43. The summed E-state index contributed by atoms with van der Waals surface area (Å²) in [5.41, 5.74) is 0. The topological polar surface area (TPSA) is 15.3 Å². The fraction of sp³-hybridized carbons (Fsp3) is 1.00. The molecule has 5 atom stereocenters. The molecule has 17 heavy (non-hydrogen) atoms. The molecule has 0 aromatic rings. The van der Waals surface area contributed by atoms with Gasteiger partial charge in [0.15, 0.2) is 0 Å². The van der Waals surface area contributed by atoms with E-state index in [0.717, 1.165) is 29.8 Å². The van der Waals surface area contributed by atoms with Crippen LogP contribution >= 0.6 is 0 Å². The summed E-state index contributed by atoms with van der Waals surface area (Å²) >= 11 is 0. The van der Waals surface area contributed by atoms with Crippen molar-refractivity contribution in [3.05, 3.63) is 0 Å². The predicted octanol–water partition coefficient (Wildman–Crippen LogP) is 2.49. The first-order chi connectivity index (χ1) is 8.25. The molecule has 98 valence electrons. The summed E-state index contributed by atoms with van der Waals surface area (Å²) in [6, 6.07) is 1.60. The Morgan fingerprint density at radius 1 is 1.12 bits per heavy atom. The number of nitrogens with zero attached hydrogens (tertiary/aromatic N) is 1. The third-order valence-corrected chi connectivity index (χ3v) is 5.81. The lowest BCUT2D eigenvalue weighted by atomic mass is 9.89. The molecule has 0 bridgehead atoms. The molecule has 3 aliphatic rings. The molecule has 1 saturated carbocycles. The minimum absolute atomic E-state index is 0.797. The average Bonchev–Trinajstić information content (AvgIpc) is 2.89. The first-order valence-corrected chi connectivity index (χ1v) is 7.73. The highest BCUT2D eigenvalue weighted by molar-refractivity contribution is 4.96. The molecule has 0 aromatic carbocycles. The molecule has 2 heterocycles. The van der Waals surface area contributed by atoms with E-state index < -0.39 is 0 Å². The van der Waals surface area contributed by atoms with Gasteiger partial charge in [-0.2, -0.15) is 0 Å². The molecule has 2 saturated heterocycles. The van der Waals surface area contributed by atoms with E-state index in [0.29, 0.717) is 0 Å². The highest BCUT2D eigenvalue weighted by Gasteiger charge is 2.40. The number of piperidine rings is 1. The van der Waals surface area contributed by atoms with Crippen LogP contribution in [0.1, 0.15) is 46.0 Å². The Morgan fingerprint density at radius 2 is 2.00 bits per heavy atom. The van der Waals surface area contributed by atoms with Gasteiger partial charge in [0.2, 0.25) is 0 Å². The molecule has 3 rings (SSSR count). The number of nitrogens with one attached hydrogen (secondary N) is 1. The molecule has 0 aromatic heterocycles. The van der Waals surface area contributed by atoms with Crippen molar-refractivity contribution in [3.8, 4) is 0 Å². The zero-order valence-corrected chi connectivity index (χ0v) is 11.5. The highest BCUT2D eigenvalue weighted by Crippen LogP contribution is 2.38. The molecule has 1 aliphatic carbocycles. The van der Waals surface area contributed by atoms with E-state index >= 15 is 0 Å². The Bertz CT molecular complexity index is 264. The third kappa shape index (κ3) is 2.26. The standard InChI is InChI=1S/C15H28N2/c1-11-5-4-8-17(12(11)2)10-15-14-7-3-6-13(14)9-16-15/h11-16H,3-10H2,1-2H3. The van der Waals surface area contributed by atoms with Crippen LogP contribution in [0.3, 0.4) is 0 Å². The summed E-state index contributed by atoms with van der Waals surface area (Å²) in [6.07, 6.45) is 7.30. The van der Waals surface area contributed by atoms with Crippen molar-refractivity contribution in [3.63, 3.8) is 0 Å². The first kappa shape index (κ1) is 12.0. The lowest BCUT2D eigenvalue weighted by Gasteiger charge is -2.40. The molecule has 2 nitrogen and oxygen atoms in total. The SMILES string of the molecule is CC1CCCN(CC2NCC3CCCC32)C1C. The molecular formula is C15H28N2. The van der Waals surface area contributed by atoms with Crippen molar-refractivity contribution < 1.29 is 0 Å². The molecule has 1 N–H and O–H groups in total. The molecular weight excluding hydrogens is 208 g/mol. The third-order valence-electron chi connectivity index (χ3n) is 5.81. The second-order valence-corrected chi connectivity index (χ2v) is 6.72. The van der Waals surface area contributed by atoms with Crippen LogP contribution in [0.5, 0.6) is 0 Å². The summed E-state index contributed by atoms with van der Waals surface area (Å²) in [6.45, 7) is 8.81. The van der Waals surface area contributed by atoms with Crippen molar-refractivity contribution in [2.45, 2.75) is 58.0 Å². The van der Waals surface area contributed by atoms with Crippen molar-refractivity contribution in [1.29, 1.82) is 0 Å².